The molecule has 0 saturated carbocycles. The van der Waals surface area contributed by atoms with Crippen LogP contribution < -0.4 is 11.3 Å². The van der Waals surface area contributed by atoms with Crippen LogP contribution in [0.1, 0.15) is 39.5 Å². The van der Waals surface area contributed by atoms with Crippen LogP contribution in [0.15, 0.2) is 12.7 Å². The molecule has 12 heavy (non-hydrogen) atoms. The molecule has 72 valence electrons. The van der Waals surface area contributed by atoms with Crippen molar-refractivity contribution in [3.63, 3.8) is 0 Å². The monoisotopic (exact) mass is 170 g/mol. The van der Waals surface area contributed by atoms with E-state index in [9.17, 15) is 0 Å². The summed E-state index contributed by atoms with van der Waals surface area (Å²) in [5.74, 6) is 6.17. The smallest absolute Gasteiger partial charge is 0.0247 e. The molecule has 0 rings (SSSR count). The summed E-state index contributed by atoms with van der Waals surface area (Å²) in [6.07, 6.45) is 6.58. The number of hydrogen-bond acceptors (Lipinski definition) is 2. The van der Waals surface area contributed by atoms with Gasteiger partial charge in [-0.2, -0.15) is 0 Å². The Morgan fingerprint density at radius 3 is 2.67 bits per heavy atom. The predicted molar refractivity (Wildman–Crippen MR) is 54.6 cm³/mol. The largest absolute Gasteiger partial charge is 0.271 e. The molecule has 0 bridgehead atoms. The molecule has 0 radical (unpaired) electrons. The van der Waals surface area contributed by atoms with Crippen LogP contribution in [0, 0.1) is 5.92 Å². The van der Waals surface area contributed by atoms with Gasteiger partial charge in [-0.05, 0) is 18.8 Å². The van der Waals surface area contributed by atoms with Crippen molar-refractivity contribution in [1.82, 2.24) is 5.43 Å². The van der Waals surface area contributed by atoms with Crippen LogP contribution in [0.25, 0.3) is 0 Å². The molecular formula is C10H22N2. The van der Waals surface area contributed by atoms with Gasteiger partial charge in [-0.25, -0.2) is 0 Å². The lowest BCUT2D eigenvalue weighted by Crippen LogP contribution is -2.35. The predicted octanol–water partition coefficient (Wildman–Crippen LogP) is 2.22. The van der Waals surface area contributed by atoms with Gasteiger partial charge in [0.2, 0.25) is 0 Å². The highest BCUT2D eigenvalue weighted by Crippen LogP contribution is 2.13. The minimum Gasteiger partial charge on any atom is -0.271 e. The van der Waals surface area contributed by atoms with E-state index in [0.717, 1.165) is 18.8 Å². The number of nitrogens with one attached hydrogen (secondary N) is 1. The Labute approximate surface area is 76.2 Å². The van der Waals surface area contributed by atoms with E-state index in [1.165, 1.54) is 12.8 Å². The van der Waals surface area contributed by atoms with E-state index in [0.29, 0.717) is 6.04 Å². The van der Waals surface area contributed by atoms with Gasteiger partial charge < -0.3 is 0 Å². The Morgan fingerprint density at radius 1 is 1.58 bits per heavy atom. The van der Waals surface area contributed by atoms with Crippen LogP contribution in [-0.4, -0.2) is 6.04 Å². The van der Waals surface area contributed by atoms with Crippen molar-refractivity contribution in [2.24, 2.45) is 11.8 Å². The molecule has 0 aromatic heterocycles. The van der Waals surface area contributed by atoms with Crippen LogP contribution in [0.5, 0.6) is 0 Å². The molecule has 0 aliphatic rings. The lowest BCUT2D eigenvalue weighted by molar-refractivity contribution is 0.388. The van der Waals surface area contributed by atoms with Gasteiger partial charge in [0.1, 0.15) is 0 Å². The maximum atomic E-state index is 5.41. The van der Waals surface area contributed by atoms with Gasteiger partial charge in [-0.1, -0.05) is 32.8 Å². The van der Waals surface area contributed by atoms with Crippen molar-refractivity contribution in [1.29, 1.82) is 0 Å². The molecule has 0 spiro atoms. The molecule has 0 aromatic rings. The minimum atomic E-state index is 0.407. The van der Waals surface area contributed by atoms with Crippen molar-refractivity contribution in [2.75, 3.05) is 0 Å². The lowest BCUT2D eigenvalue weighted by Gasteiger charge is -2.18. The first-order valence-corrected chi connectivity index (χ1v) is 4.81. The maximum Gasteiger partial charge on any atom is 0.0247 e. The van der Waals surface area contributed by atoms with Crippen LogP contribution in [0.2, 0.25) is 0 Å². The molecular weight excluding hydrogens is 148 g/mol. The first-order chi connectivity index (χ1) is 5.74. The summed E-state index contributed by atoms with van der Waals surface area (Å²) in [7, 11) is 0. The van der Waals surface area contributed by atoms with Gasteiger partial charge in [0, 0.05) is 6.04 Å². The highest BCUT2D eigenvalue weighted by molar-refractivity contribution is 4.77. The molecule has 0 aliphatic carbocycles. The summed E-state index contributed by atoms with van der Waals surface area (Å²) in [4.78, 5) is 0. The molecule has 0 heterocycles. The summed E-state index contributed by atoms with van der Waals surface area (Å²) in [5.41, 5.74) is 2.82. The fraction of sp³-hybridized carbons (Fsp3) is 0.800. The number of rotatable bonds is 7. The van der Waals surface area contributed by atoms with E-state index in [-0.39, 0.29) is 0 Å². The van der Waals surface area contributed by atoms with Crippen molar-refractivity contribution >= 4 is 0 Å². The Hall–Kier alpha value is -0.340. The Morgan fingerprint density at radius 2 is 2.25 bits per heavy atom. The van der Waals surface area contributed by atoms with E-state index in [4.69, 9.17) is 5.84 Å². The van der Waals surface area contributed by atoms with Crippen molar-refractivity contribution < 1.29 is 0 Å². The van der Waals surface area contributed by atoms with Gasteiger partial charge in [0.25, 0.3) is 0 Å². The normalized spacial score (nSPS) is 15.6. The highest BCUT2D eigenvalue weighted by Gasteiger charge is 2.08. The molecule has 0 aromatic carbocycles. The van der Waals surface area contributed by atoms with Gasteiger partial charge >= 0.3 is 0 Å². The zero-order valence-electron chi connectivity index (χ0n) is 8.34. The average Bonchev–Trinajstić information content (AvgIpc) is 2.04. The zero-order valence-corrected chi connectivity index (χ0v) is 8.34. The number of hydrazine groups is 1. The summed E-state index contributed by atoms with van der Waals surface area (Å²) >= 11 is 0. The second-order valence-electron chi connectivity index (χ2n) is 3.52. The fourth-order valence-electron chi connectivity index (χ4n) is 1.53. The Bertz CT molecular complexity index is 112. The summed E-state index contributed by atoms with van der Waals surface area (Å²) in [6.45, 7) is 8.20. The molecule has 3 N–H and O–H groups in total. The molecule has 0 saturated heterocycles. The third-order valence-corrected chi connectivity index (χ3v) is 2.16. The van der Waals surface area contributed by atoms with E-state index >= 15 is 0 Å². The number of nitrogens with two attached hydrogens (primary N) is 1. The fourth-order valence-corrected chi connectivity index (χ4v) is 1.53. The van der Waals surface area contributed by atoms with Crippen molar-refractivity contribution in [3.8, 4) is 0 Å². The van der Waals surface area contributed by atoms with Crippen molar-refractivity contribution in [2.45, 2.75) is 45.6 Å². The van der Waals surface area contributed by atoms with Crippen molar-refractivity contribution in [3.05, 3.63) is 12.7 Å². The van der Waals surface area contributed by atoms with Crippen LogP contribution in [0.3, 0.4) is 0 Å². The molecule has 2 atom stereocenters. The minimum absolute atomic E-state index is 0.407. The molecule has 2 heteroatoms. The highest BCUT2D eigenvalue weighted by atomic mass is 15.2. The quantitative estimate of drug-likeness (QED) is 0.349. The third-order valence-electron chi connectivity index (χ3n) is 2.16. The first-order valence-electron chi connectivity index (χ1n) is 4.81. The average molecular weight is 170 g/mol. The van der Waals surface area contributed by atoms with Gasteiger partial charge in [0.15, 0.2) is 0 Å². The van der Waals surface area contributed by atoms with Crippen LogP contribution in [-0.2, 0) is 0 Å². The molecule has 0 aliphatic heterocycles. The van der Waals surface area contributed by atoms with Gasteiger partial charge in [-0.15, -0.1) is 6.58 Å². The SMILES string of the molecule is C=CCC(CC(C)CCC)NN. The second-order valence-corrected chi connectivity index (χ2v) is 3.52. The van der Waals surface area contributed by atoms with Crippen LogP contribution in [0.4, 0.5) is 0 Å². The van der Waals surface area contributed by atoms with Gasteiger partial charge in [-0.3, -0.25) is 11.3 Å². The standard InChI is InChI=1S/C10H22N2/c1-4-6-9(3)8-10(12-11)7-5-2/h5,9-10,12H,2,4,6-8,11H2,1,3H3. The summed E-state index contributed by atoms with van der Waals surface area (Å²) in [5, 5.41) is 0. The van der Waals surface area contributed by atoms with E-state index in [2.05, 4.69) is 25.9 Å². The lowest BCUT2D eigenvalue weighted by atomic mass is 9.96. The van der Waals surface area contributed by atoms with Gasteiger partial charge in [0.05, 0.1) is 0 Å². The first kappa shape index (κ1) is 11.7. The summed E-state index contributed by atoms with van der Waals surface area (Å²) in [6, 6.07) is 0.407. The van der Waals surface area contributed by atoms with E-state index < -0.39 is 0 Å². The van der Waals surface area contributed by atoms with Crippen LogP contribution >= 0.6 is 0 Å². The number of hydrogen-bond donors (Lipinski definition) is 2. The third kappa shape index (κ3) is 5.33. The topological polar surface area (TPSA) is 38.0 Å². The van der Waals surface area contributed by atoms with E-state index in [1.54, 1.807) is 0 Å². The summed E-state index contributed by atoms with van der Waals surface area (Å²) < 4.78 is 0. The zero-order chi connectivity index (χ0) is 9.40. The molecule has 2 nitrogen and oxygen atoms in total. The maximum absolute atomic E-state index is 5.41. The second kappa shape index (κ2) is 7.32. The molecule has 0 amide bonds. The Kier molecular flexibility index (Phi) is 7.11. The Balaban J connectivity index is 3.60. The molecule has 0 fully saturated rings. The molecule has 2 unspecified atom stereocenters. The van der Waals surface area contributed by atoms with E-state index in [1.807, 2.05) is 6.08 Å².